The molecule has 3 aromatic rings. The van der Waals surface area contributed by atoms with Gasteiger partial charge in [-0.15, -0.1) is 10.2 Å². The molecule has 128 valence electrons. The number of benzene rings is 2. The molecule has 2 aromatic carbocycles. The molecule has 1 heterocycles. The lowest BCUT2D eigenvalue weighted by molar-refractivity contribution is -0.113. The molecule has 0 saturated heterocycles. The van der Waals surface area contributed by atoms with Crippen molar-refractivity contribution < 1.29 is 9.21 Å². The SMILES string of the molecule is CCc1ccccc1NC(=O)CSc1nnc(-c2ccccc2Cl)o1. The summed E-state index contributed by atoms with van der Waals surface area (Å²) in [5.74, 6) is 0.399. The van der Waals surface area contributed by atoms with Gasteiger partial charge in [-0.05, 0) is 30.2 Å². The lowest BCUT2D eigenvalue weighted by Crippen LogP contribution is -2.15. The number of aryl methyl sites for hydroxylation is 1. The van der Waals surface area contributed by atoms with E-state index in [1.165, 1.54) is 11.8 Å². The number of hydrogen-bond acceptors (Lipinski definition) is 5. The van der Waals surface area contributed by atoms with Crippen molar-refractivity contribution in [3.63, 3.8) is 0 Å². The Morgan fingerprint density at radius 1 is 1.16 bits per heavy atom. The van der Waals surface area contributed by atoms with Crippen LogP contribution in [-0.4, -0.2) is 21.9 Å². The molecule has 1 N–H and O–H groups in total. The third-order valence-corrected chi connectivity index (χ3v) is 4.66. The van der Waals surface area contributed by atoms with Gasteiger partial charge in [-0.1, -0.05) is 60.6 Å². The number of thioether (sulfide) groups is 1. The Kier molecular flexibility index (Phi) is 5.73. The Labute approximate surface area is 154 Å². The average molecular weight is 374 g/mol. The zero-order chi connectivity index (χ0) is 17.6. The van der Waals surface area contributed by atoms with Gasteiger partial charge in [-0.3, -0.25) is 4.79 Å². The normalized spacial score (nSPS) is 10.6. The number of aromatic nitrogens is 2. The van der Waals surface area contributed by atoms with Crippen molar-refractivity contribution in [3.05, 3.63) is 59.1 Å². The van der Waals surface area contributed by atoms with E-state index in [1.54, 1.807) is 12.1 Å². The smallest absolute Gasteiger partial charge is 0.277 e. The predicted molar refractivity (Wildman–Crippen MR) is 99.9 cm³/mol. The number of amides is 1. The van der Waals surface area contributed by atoms with E-state index in [-0.39, 0.29) is 11.7 Å². The molecule has 0 saturated carbocycles. The summed E-state index contributed by atoms with van der Waals surface area (Å²) >= 11 is 7.30. The van der Waals surface area contributed by atoms with Gasteiger partial charge in [0.05, 0.1) is 16.3 Å². The van der Waals surface area contributed by atoms with E-state index in [9.17, 15) is 4.79 Å². The fraction of sp³-hybridized carbons (Fsp3) is 0.167. The van der Waals surface area contributed by atoms with Gasteiger partial charge in [0.1, 0.15) is 0 Å². The van der Waals surface area contributed by atoms with Crippen LogP contribution in [0.5, 0.6) is 0 Å². The number of rotatable bonds is 6. The molecule has 3 rings (SSSR count). The van der Waals surface area contributed by atoms with Crippen molar-refractivity contribution in [1.82, 2.24) is 10.2 Å². The maximum atomic E-state index is 12.1. The quantitative estimate of drug-likeness (QED) is 0.635. The molecule has 0 spiro atoms. The molecule has 25 heavy (non-hydrogen) atoms. The number of para-hydroxylation sites is 1. The number of nitrogens with zero attached hydrogens (tertiary/aromatic N) is 2. The first-order valence-electron chi connectivity index (χ1n) is 7.76. The average Bonchev–Trinajstić information content (AvgIpc) is 3.09. The summed E-state index contributed by atoms with van der Waals surface area (Å²) in [6, 6.07) is 15.0. The van der Waals surface area contributed by atoms with Gasteiger partial charge < -0.3 is 9.73 Å². The van der Waals surface area contributed by atoms with Gasteiger partial charge in [0, 0.05) is 5.69 Å². The topological polar surface area (TPSA) is 68.0 Å². The largest absolute Gasteiger partial charge is 0.411 e. The van der Waals surface area contributed by atoms with Gasteiger partial charge in [0.15, 0.2) is 0 Å². The van der Waals surface area contributed by atoms with Gasteiger partial charge >= 0.3 is 0 Å². The molecule has 0 bridgehead atoms. The first kappa shape index (κ1) is 17.5. The first-order chi connectivity index (χ1) is 12.2. The Bertz CT molecular complexity index is 882. The van der Waals surface area contributed by atoms with Crippen LogP contribution in [0.3, 0.4) is 0 Å². The first-order valence-corrected chi connectivity index (χ1v) is 9.12. The third kappa shape index (κ3) is 4.41. The Morgan fingerprint density at radius 2 is 1.92 bits per heavy atom. The summed E-state index contributed by atoms with van der Waals surface area (Å²) in [6.07, 6.45) is 0.856. The Hall–Kier alpha value is -2.31. The molecule has 0 radical (unpaired) electrons. The second-order valence-corrected chi connectivity index (χ2v) is 6.53. The molecule has 5 nitrogen and oxygen atoms in total. The van der Waals surface area contributed by atoms with Crippen LogP contribution in [0.4, 0.5) is 5.69 Å². The highest BCUT2D eigenvalue weighted by atomic mass is 35.5. The molecule has 1 aromatic heterocycles. The molecular formula is C18H16ClN3O2S. The van der Waals surface area contributed by atoms with Gasteiger partial charge in [0.2, 0.25) is 11.8 Å². The minimum atomic E-state index is -0.122. The zero-order valence-corrected chi connectivity index (χ0v) is 15.1. The summed E-state index contributed by atoms with van der Waals surface area (Å²) < 4.78 is 5.57. The molecule has 0 aliphatic rings. The minimum Gasteiger partial charge on any atom is -0.411 e. The summed E-state index contributed by atoms with van der Waals surface area (Å²) in [6.45, 7) is 2.05. The lowest BCUT2D eigenvalue weighted by Gasteiger charge is -2.08. The summed E-state index contributed by atoms with van der Waals surface area (Å²) in [4.78, 5) is 12.1. The molecule has 1 amide bonds. The van der Waals surface area contributed by atoms with E-state index >= 15 is 0 Å². The van der Waals surface area contributed by atoms with Crippen molar-refractivity contribution in [1.29, 1.82) is 0 Å². The standard InChI is InChI=1S/C18H16ClN3O2S/c1-2-12-7-3-6-10-15(12)20-16(23)11-25-18-22-21-17(24-18)13-8-4-5-9-14(13)19/h3-10H,2,11H2,1H3,(H,20,23). The fourth-order valence-corrected chi connectivity index (χ4v) is 3.06. The number of carbonyl (C=O) groups excluding carboxylic acids is 1. The van der Waals surface area contributed by atoms with Crippen molar-refractivity contribution >= 4 is 35.0 Å². The zero-order valence-electron chi connectivity index (χ0n) is 13.5. The summed E-state index contributed by atoms with van der Waals surface area (Å²) in [5, 5.41) is 11.7. The number of nitrogens with one attached hydrogen (secondary N) is 1. The highest BCUT2D eigenvalue weighted by molar-refractivity contribution is 7.99. The highest BCUT2D eigenvalue weighted by Gasteiger charge is 2.13. The predicted octanol–water partition coefficient (Wildman–Crippen LogP) is 4.68. The van der Waals surface area contributed by atoms with E-state index in [4.69, 9.17) is 16.0 Å². The van der Waals surface area contributed by atoms with E-state index < -0.39 is 0 Å². The molecule has 0 aliphatic heterocycles. The van der Waals surface area contributed by atoms with Crippen LogP contribution < -0.4 is 5.32 Å². The minimum absolute atomic E-state index is 0.122. The van der Waals surface area contributed by atoms with Crippen LogP contribution in [0, 0.1) is 0 Å². The highest BCUT2D eigenvalue weighted by Crippen LogP contribution is 2.28. The van der Waals surface area contributed by atoms with Crippen molar-refractivity contribution in [2.45, 2.75) is 18.6 Å². The van der Waals surface area contributed by atoms with E-state index in [0.29, 0.717) is 21.7 Å². The van der Waals surface area contributed by atoms with Crippen molar-refractivity contribution in [2.24, 2.45) is 0 Å². The second-order valence-electron chi connectivity index (χ2n) is 5.20. The van der Waals surface area contributed by atoms with Crippen LogP contribution in [-0.2, 0) is 11.2 Å². The van der Waals surface area contributed by atoms with Crippen LogP contribution in [0.2, 0.25) is 5.02 Å². The van der Waals surface area contributed by atoms with Gasteiger partial charge in [0.25, 0.3) is 5.22 Å². The van der Waals surface area contributed by atoms with Gasteiger partial charge in [-0.25, -0.2) is 0 Å². The Balaban J connectivity index is 1.61. The van der Waals surface area contributed by atoms with Crippen LogP contribution in [0.25, 0.3) is 11.5 Å². The molecular weight excluding hydrogens is 358 g/mol. The van der Waals surface area contributed by atoms with Crippen LogP contribution in [0.15, 0.2) is 58.2 Å². The van der Waals surface area contributed by atoms with Crippen LogP contribution >= 0.6 is 23.4 Å². The third-order valence-electron chi connectivity index (χ3n) is 3.51. The summed E-state index contributed by atoms with van der Waals surface area (Å²) in [7, 11) is 0. The summed E-state index contributed by atoms with van der Waals surface area (Å²) in [5.41, 5.74) is 2.60. The van der Waals surface area contributed by atoms with Crippen molar-refractivity contribution in [3.8, 4) is 11.5 Å². The van der Waals surface area contributed by atoms with Crippen LogP contribution in [0.1, 0.15) is 12.5 Å². The number of carbonyl (C=O) groups is 1. The Morgan fingerprint density at radius 3 is 2.72 bits per heavy atom. The molecule has 0 unspecified atom stereocenters. The molecule has 0 fully saturated rings. The number of anilines is 1. The molecule has 0 aliphatic carbocycles. The van der Waals surface area contributed by atoms with Crippen molar-refractivity contribution in [2.75, 3.05) is 11.1 Å². The lowest BCUT2D eigenvalue weighted by atomic mass is 10.1. The van der Waals surface area contributed by atoms with Gasteiger partial charge in [-0.2, -0.15) is 0 Å². The maximum Gasteiger partial charge on any atom is 0.277 e. The maximum absolute atomic E-state index is 12.1. The molecule has 7 heteroatoms. The number of hydrogen-bond donors (Lipinski definition) is 1. The molecule has 0 atom stereocenters. The number of halogens is 1. The van der Waals surface area contributed by atoms with E-state index in [0.717, 1.165) is 17.7 Å². The van der Waals surface area contributed by atoms with E-state index in [2.05, 4.69) is 22.4 Å². The fourth-order valence-electron chi connectivity index (χ4n) is 2.28. The second kappa shape index (κ2) is 8.18. The van der Waals surface area contributed by atoms with E-state index in [1.807, 2.05) is 36.4 Å². The monoisotopic (exact) mass is 373 g/mol.